The van der Waals surface area contributed by atoms with E-state index in [1.54, 1.807) is 0 Å². The van der Waals surface area contributed by atoms with E-state index in [1.807, 2.05) is 59.2 Å². The SMILES string of the molecule is O=C(NCc1ccccc1)C1CCN(Cn2c(SC(F)F)nc3ccccc32)CC1. The van der Waals surface area contributed by atoms with Crippen molar-refractivity contribution in [3.8, 4) is 0 Å². The van der Waals surface area contributed by atoms with Gasteiger partial charge in [-0.1, -0.05) is 42.5 Å². The lowest BCUT2D eigenvalue weighted by Crippen LogP contribution is -2.41. The molecular formula is C22H24F2N4OS. The van der Waals surface area contributed by atoms with Gasteiger partial charge < -0.3 is 9.88 Å². The smallest absolute Gasteiger partial charge is 0.291 e. The minimum atomic E-state index is -2.51. The molecule has 1 fully saturated rings. The number of para-hydroxylation sites is 2. The number of fused-ring (bicyclic) bond motifs is 1. The van der Waals surface area contributed by atoms with Gasteiger partial charge in [-0.2, -0.15) is 8.78 Å². The Morgan fingerprint density at radius 1 is 1.10 bits per heavy atom. The first kappa shape index (κ1) is 20.8. The molecule has 4 rings (SSSR count). The first-order valence-corrected chi connectivity index (χ1v) is 10.9. The van der Waals surface area contributed by atoms with Gasteiger partial charge in [0, 0.05) is 25.6 Å². The van der Waals surface area contributed by atoms with Gasteiger partial charge >= 0.3 is 0 Å². The number of benzene rings is 2. The Kier molecular flexibility index (Phi) is 6.64. The van der Waals surface area contributed by atoms with Gasteiger partial charge in [0.15, 0.2) is 5.16 Å². The highest BCUT2D eigenvalue weighted by Crippen LogP contribution is 2.29. The summed E-state index contributed by atoms with van der Waals surface area (Å²) >= 11 is 0.477. The van der Waals surface area contributed by atoms with Crippen LogP contribution in [0, 0.1) is 5.92 Å². The normalized spacial score (nSPS) is 15.7. The zero-order valence-corrected chi connectivity index (χ0v) is 17.3. The van der Waals surface area contributed by atoms with E-state index in [1.165, 1.54) is 0 Å². The van der Waals surface area contributed by atoms with E-state index >= 15 is 0 Å². The molecule has 0 aliphatic carbocycles. The number of rotatable bonds is 7. The molecule has 30 heavy (non-hydrogen) atoms. The number of alkyl halides is 2. The van der Waals surface area contributed by atoms with Crippen LogP contribution in [0.4, 0.5) is 8.78 Å². The molecule has 1 aromatic heterocycles. The maximum atomic E-state index is 13.0. The first-order valence-electron chi connectivity index (χ1n) is 10.0. The molecule has 0 saturated carbocycles. The van der Waals surface area contributed by atoms with Gasteiger partial charge in [-0.15, -0.1) is 0 Å². The molecule has 1 N–H and O–H groups in total. The number of halogens is 2. The van der Waals surface area contributed by atoms with Crippen molar-refractivity contribution in [1.82, 2.24) is 19.8 Å². The first-order chi connectivity index (χ1) is 14.6. The summed E-state index contributed by atoms with van der Waals surface area (Å²) in [6.07, 6.45) is 1.51. The highest BCUT2D eigenvalue weighted by atomic mass is 32.2. The summed E-state index contributed by atoms with van der Waals surface area (Å²) in [7, 11) is 0. The molecule has 1 aliphatic heterocycles. The molecule has 1 amide bonds. The fourth-order valence-corrected chi connectivity index (χ4v) is 4.42. The number of hydrogen-bond acceptors (Lipinski definition) is 4. The van der Waals surface area contributed by atoms with E-state index in [9.17, 15) is 13.6 Å². The van der Waals surface area contributed by atoms with Crippen LogP contribution >= 0.6 is 11.8 Å². The van der Waals surface area contributed by atoms with Gasteiger partial charge in [0.2, 0.25) is 5.91 Å². The number of nitrogens with one attached hydrogen (secondary N) is 1. The van der Waals surface area contributed by atoms with E-state index in [0.717, 1.165) is 42.5 Å². The average molecular weight is 431 g/mol. The topological polar surface area (TPSA) is 50.2 Å². The minimum Gasteiger partial charge on any atom is -0.352 e. The Hall–Kier alpha value is -2.45. The van der Waals surface area contributed by atoms with E-state index in [4.69, 9.17) is 0 Å². The molecule has 5 nitrogen and oxygen atoms in total. The van der Waals surface area contributed by atoms with E-state index in [2.05, 4.69) is 15.2 Å². The quantitative estimate of drug-likeness (QED) is 0.567. The number of likely N-dealkylation sites (tertiary alicyclic amines) is 1. The number of amides is 1. The van der Waals surface area contributed by atoms with Crippen molar-refractivity contribution < 1.29 is 13.6 Å². The average Bonchev–Trinajstić information content (AvgIpc) is 3.09. The van der Waals surface area contributed by atoms with Crippen molar-refractivity contribution in [2.75, 3.05) is 13.1 Å². The van der Waals surface area contributed by atoms with Gasteiger partial charge in [-0.3, -0.25) is 9.69 Å². The highest BCUT2D eigenvalue weighted by Gasteiger charge is 2.26. The highest BCUT2D eigenvalue weighted by molar-refractivity contribution is 7.99. The Morgan fingerprint density at radius 3 is 2.53 bits per heavy atom. The standard InChI is InChI=1S/C22H24F2N4OS/c23-21(24)30-22-26-18-8-4-5-9-19(18)28(22)15-27-12-10-17(11-13-27)20(29)25-14-16-6-2-1-3-7-16/h1-9,17,21H,10-15H2,(H,25,29). The molecule has 1 saturated heterocycles. The van der Waals surface area contributed by atoms with Crippen LogP contribution in [-0.4, -0.2) is 39.2 Å². The number of nitrogens with zero attached hydrogens (tertiary/aromatic N) is 3. The number of piperidine rings is 1. The van der Waals surface area contributed by atoms with Crippen molar-refractivity contribution in [2.45, 2.75) is 37.0 Å². The lowest BCUT2D eigenvalue weighted by molar-refractivity contribution is -0.126. The second-order valence-electron chi connectivity index (χ2n) is 7.43. The summed E-state index contributed by atoms with van der Waals surface area (Å²) in [4.78, 5) is 19.1. The summed E-state index contributed by atoms with van der Waals surface area (Å²) in [5, 5.41) is 3.35. The summed E-state index contributed by atoms with van der Waals surface area (Å²) in [5.41, 5.74) is 2.65. The molecule has 0 atom stereocenters. The molecule has 8 heteroatoms. The molecule has 3 aromatic rings. The molecule has 0 radical (unpaired) electrons. The molecule has 0 bridgehead atoms. The van der Waals surface area contributed by atoms with E-state index in [0.29, 0.717) is 30.1 Å². The molecule has 2 heterocycles. The second kappa shape index (κ2) is 9.57. The van der Waals surface area contributed by atoms with Crippen LogP contribution in [0.1, 0.15) is 18.4 Å². The van der Waals surface area contributed by atoms with Crippen molar-refractivity contribution in [3.63, 3.8) is 0 Å². The lowest BCUT2D eigenvalue weighted by atomic mass is 9.96. The lowest BCUT2D eigenvalue weighted by Gasteiger charge is -2.31. The third kappa shape index (κ3) is 4.99. The minimum absolute atomic E-state index is 0.0144. The van der Waals surface area contributed by atoms with Crippen molar-refractivity contribution in [2.24, 2.45) is 5.92 Å². The summed E-state index contributed by atoms with van der Waals surface area (Å²) in [6.45, 7) is 2.52. The van der Waals surface area contributed by atoms with Crippen molar-refractivity contribution in [3.05, 3.63) is 60.2 Å². The van der Waals surface area contributed by atoms with Crippen molar-refractivity contribution >= 4 is 28.7 Å². The number of aromatic nitrogens is 2. The van der Waals surface area contributed by atoms with Gasteiger partial charge in [0.05, 0.1) is 17.7 Å². The Morgan fingerprint density at radius 2 is 1.80 bits per heavy atom. The fourth-order valence-electron chi connectivity index (χ4n) is 3.83. The Labute approximate surface area is 178 Å². The van der Waals surface area contributed by atoms with Crippen LogP contribution in [0.2, 0.25) is 0 Å². The monoisotopic (exact) mass is 430 g/mol. The number of thioether (sulfide) groups is 1. The van der Waals surface area contributed by atoms with E-state index in [-0.39, 0.29) is 11.8 Å². The molecular weight excluding hydrogens is 406 g/mol. The summed E-state index contributed by atoms with van der Waals surface area (Å²) in [5.74, 6) is -2.44. The second-order valence-corrected chi connectivity index (χ2v) is 8.38. The third-order valence-electron chi connectivity index (χ3n) is 5.42. The number of imidazole rings is 1. The van der Waals surface area contributed by atoms with Gasteiger partial charge in [0.1, 0.15) is 0 Å². The van der Waals surface area contributed by atoms with Crippen LogP contribution in [0.3, 0.4) is 0 Å². The van der Waals surface area contributed by atoms with Crippen LogP contribution in [0.5, 0.6) is 0 Å². The zero-order chi connectivity index (χ0) is 20.9. The largest absolute Gasteiger partial charge is 0.352 e. The molecule has 0 spiro atoms. The van der Waals surface area contributed by atoms with Crippen molar-refractivity contribution in [1.29, 1.82) is 0 Å². The zero-order valence-electron chi connectivity index (χ0n) is 16.5. The van der Waals surface area contributed by atoms with Gasteiger partial charge in [0.25, 0.3) is 5.76 Å². The Balaban J connectivity index is 1.35. The molecule has 2 aromatic carbocycles. The molecule has 158 valence electrons. The van der Waals surface area contributed by atoms with Crippen LogP contribution in [-0.2, 0) is 18.0 Å². The van der Waals surface area contributed by atoms with Crippen LogP contribution < -0.4 is 5.32 Å². The summed E-state index contributed by atoms with van der Waals surface area (Å²) in [6, 6.07) is 17.3. The fraction of sp³-hybridized carbons (Fsp3) is 0.364. The maximum Gasteiger partial charge on any atom is 0.291 e. The van der Waals surface area contributed by atoms with Crippen LogP contribution in [0.25, 0.3) is 11.0 Å². The van der Waals surface area contributed by atoms with Gasteiger partial charge in [-0.25, -0.2) is 4.98 Å². The predicted octanol–water partition coefficient (Wildman–Crippen LogP) is 4.34. The van der Waals surface area contributed by atoms with Gasteiger partial charge in [-0.05, 0) is 42.3 Å². The predicted molar refractivity (Wildman–Crippen MR) is 114 cm³/mol. The Bertz CT molecular complexity index is 987. The third-order valence-corrected chi connectivity index (χ3v) is 6.12. The number of carbonyl (C=O) groups is 1. The molecule has 0 unspecified atom stereocenters. The molecule has 1 aliphatic rings. The maximum absolute atomic E-state index is 13.0. The summed E-state index contributed by atoms with van der Waals surface area (Å²) < 4.78 is 27.8. The van der Waals surface area contributed by atoms with Crippen LogP contribution in [0.15, 0.2) is 59.8 Å². The number of hydrogen-bond donors (Lipinski definition) is 1. The number of carbonyl (C=O) groups excluding carboxylic acids is 1. The van der Waals surface area contributed by atoms with E-state index < -0.39 is 5.76 Å².